The van der Waals surface area contributed by atoms with Gasteiger partial charge in [0.05, 0.1) is 18.0 Å². The third-order valence-electron chi connectivity index (χ3n) is 10.5. The zero-order chi connectivity index (χ0) is 38.3. The van der Waals surface area contributed by atoms with Crippen LogP contribution < -0.4 is 19.7 Å². The van der Waals surface area contributed by atoms with E-state index in [1.54, 1.807) is 51.1 Å². The van der Waals surface area contributed by atoms with Gasteiger partial charge < -0.3 is 10.1 Å². The Morgan fingerprint density at radius 2 is 1.72 bits per heavy atom. The molecule has 1 saturated heterocycles. The number of rotatable bonds is 11. The molecule has 0 saturated carbocycles. The number of halogens is 3. The fourth-order valence-electron chi connectivity index (χ4n) is 7.70. The molecule has 1 fully saturated rings. The van der Waals surface area contributed by atoms with Crippen molar-refractivity contribution in [3.05, 3.63) is 92.2 Å². The first-order valence-corrected chi connectivity index (χ1v) is 20.3. The highest BCUT2D eigenvalue weighted by atomic mass is 79.9. The molecular formula is C39H46BrClFN3O7S. The molecule has 3 atom stereocenters. The number of anilines is 1. The van der Waals surface area contributed by atoms with E-state index in [0.29, 0.717) is 39.7 Å². The molecule has 2 aliphatic rings. The molecule has 0 aliphatic carbocycles. The Morgan fingerprint density at radius 3 is 2.32 bits per heavy atom. The minimum Gasteiger partial charge on any atom is -0.477 e. The normalized spacial score (nSPS) is 19.8. The third-order valence-corrected chi connectivity index (χ3v) is 11.8. The van der Waals surface area contributed by atoms with Crippen LogP contribution >= 0.6 is 27.5 Å². The molecule has 0 bridgehead atoms. The van der Waals surface area contributed by atoms with Crippen molar-refractivity contribution in [1.29, 1.82) is 0 Å². The fraction of sp³-hybridized carbons (Fsp3) is 0.436. The lowest BCUT2D eigenvalue weighted by Crippen LogP contribution is -2.59. The van der Waals surface area contributed by atoms with Gasteiger partial charge in [0.25, 0.3) is 5.91 Å². The quantitative estimate of drug-likeness (QED) is 0.201. The molecule has 4 amide bonds. The number of aryl methyl sites for hydroxylation is 1. The summed E-state index contributed by atoms with van der Waals surface area (Å²) in [6.07, 6.45) is 1.64. The summed E-state index contributed by atoms with van der Waals surface area (Å²) in [5, 5.41) is 3.23. The first-order chi connectivity index (χ1) is 24.5. The van der Waals surface area contributed by atoms with Gasteiger partial charge in [-0.25, -0.2) is 22.4 Å². The monoisotopic (exact) mass is 833 g/mol. The van der Waals surface area contributed by atoms with Crippen LogP contribution in [0.4, 0.5) is 10.1 Å². The van der Waals surface area contributed by atoms with Crippen LogP contribution in [-0.2, 0) is 34.6 Å². The number of nitrogens with zero attached hydrogens (tertiary/aromatic N) is 1. The van der Waals surface area contributed by atoms with E-state index >= 15 is 9.18 Å². The SMILES string of the molecule is C.CCC(CC)C(=O)N1C(=O)[C@]2(c3ccc(Br)cc31)[C@@H](c1cc(Cl)ccc1OC(CC)(CC)C(=O)NS(C)(=O)=O)CC(=O)N[C@H]2c1cc(F)ccc1C. The molecule has 10 nitrogen and oxygen atoms in total. The Balaban J connectivity index is 0.00000627. The smallest absolute Gasteiger partial charge is 0.277 e. The van der Waals surface area contributed by atoms with Gasteiger partial charge >= 0.3 is 0 Å². The first kappa shape index (κ1) is 41.9. The van der Waals surface area contributed by atoms with Gasteiger partial charge in [0.2, 0.25) is 27.7 Å². The largest absolute Gasteiger partial charge is 0.477 e. The van der Waals surface area contributed by atoms with Gasteiger partial charge in [-0.05, 0) is 91.8 Å². The molecule has 2 aliphatic heterocycles. The highest BCUT2D eigenvalue weighted by Gasteiger charge is 2.65. The summed E-state index contributed by atoms with van der Waals surface area (Å²) in [6, 6.07) is 12.7. The van der Waals surface area contributed by atoms with Crippen LogP contribution in [0.1, 0.15) is 101 Å². The maximum absolute atomic E-state index is 15.6. The van der Waals surface area contributed by atoms with Crippen molar-refractivity contribution in [2.24, 2.45) is 5.92 Å². The number of amides is 4. The second-order valence-electron chi connectivity index (χ2n) is 13.5. The minimum atomic E-state index is -3.97. The number of carbonyl (C=O) groups is 4. The second-order valence-corrected chi connectivity index (χ2v) is 16.6. The van der Waals surface area contributed by atoms with Crippen molar-refractivity contribution in [3.8, 4) is 5.75 Å². The van der Waals surface area contributed by atoms with Crippen molar-refractivity contribution in [2.75, 3.05) is 11.2 Å². The average Bonchev–Trinajstić information content (AvgIpc) is 3.33. The number of hydrogen-bond donors (Lipinski definition) is 2. The van der Waals surface area contributed by atoms with Crippen LogP contribution in [0.2, 0.25) is 5.02 Å². The van der Waals surface area contributed by atoms with Gasteiger partial charge in [-0.1, -0.05) is 74.8 Å². The van der Waals surface area contributed by atoms with Crippen LogP contribution in [-0.4, -0.2) is 43.9 Å². The van der Waals surface area contributed by atoms with E-state index in [0.717, 1.165) is 6.26 Å². The summed E-state index contributed by atoms with van der Waals surface area (Å²) >= 11 is 10.2. The van der Waals surface area contributed by atoms with E-state index in [1.165, 1.54) is 29.2 Å². The average molecular weight is 835 g/mol. The van der Waals surface area contributed by atoms with E-state index in [1.807, 2.05) is 18.6 Å². The van der Waals surface area contributed by atoms with Crippen molar-refractivity contribution < 1.29 is 36.7 Å². The topological polar surface area (TPSA) is 139 Å². The van der Waals surface area contributed by atoms with Crippen LogP contribution in [0.25, 0.3) is 0 Å². The van der Waals surface area contributed by atoms with Crippen LogP contribution in [0.5, 0.6) is 5.75 Å². The Kier molecular flexibility index (Phi) is 12.6. The summed E-state index contributed by atoms with van der Waals surface area (Å²) < 4.78 is 48.6. The number of benzene rings is 3. The number of imide groups is 1. The molecule has 0 unspecified atom stereocenters. The van der Waals surface area contributed by atoms with E-state index in [9.17, 15) is 22.8 Å². The predicted octanol–water partition coefficient (Wildman–Crippen LogP) is 7.79. The zero-order valence-electron chi connectivity index (χ0n) is 29.8. The highest BCUT2D eigenvalue weighted by Crippen LogP contribution is 2.61. The molecule has 53 heavy (non-hydrogen) atoms. The van der Waals surface area contributed by atoms with Gasteiger partial charge in [0.15, 0.2) is 5.60 Å². The van der Waals surface area contributed by atoms with Crippen molar-refractivity contribution in [2.45, 2.75) is 97.1 Å². The summed E-state index contributed by atoms with van der Waals surface area (Å²) in [5.74, 6) is -4.46. The molecule has 2 N–H and O–H groups in total. The molecular weight excluding hydrogens is 789 g/mol. The number of carbonyl (C=O) groups excluding carboxylic acids is 4. The number of sulfonamides is 1. The van der Waals surface area contributed by atoms with E-state index in [4.69, 9.17) is 16.3 Å². The van der Waals surface area contributed by atoms with Gasteiger partial charge in [-0.2, -0.15) is 0 Å². The molecule has 14 heteroatoms. The number of nitrogens with one attached hydrogen (secondary N) is 2. The fourth-order valence-corrected chi connectivity index (χ4v) is 8.76. The summed E-state index contributed by atoms with van der Waals surface area (Å²) in [6.45, 7) is 8.84. The number of piperidine rings is 1. The summed E-state index contributed by atoms with van der Waals surface area (Å²) in [4.78, 5) is 58.6. The molecule has 5 rings (SSSR count). The van der Waals surface area contributed by atoms with Crippen molar-refractivity contribution >= 4 is 66.9 Å². The Labute approximate surface area is 324 Å². The first-order valence-electron chi connectivity index (χ1n) is 17.2. The summed E-state index contributed by atoms with van der Waals surface area (Å²) in [7, 11) is -3.97. The highest BCUT2D eigenvalue weighted by molar-refractivity contribution is 9.10. The molecule has 2 heterocycles. The Bertz CT molecular complexity index is 2050. The van der Waals surface area contributed by atoms with E-state index < -0.39 is 68.4 Å². The lowest BCUT2D eigenvalue weighted by Gasteiger charge is -2.47. The van der Waals surface area contributed by atoms with E-state index in [-0.39, 0.29) is 43.0 Å². The van der Waals surface area contributed by atoms with Crippen molar-refractivity contribution in [1.82, 2.24) is 10.0 Å². The lowest BCUT2D eigenvalue weighted by atomic mass is 9.58. The minimum absolute atomic E-state index is 0. The molecule has 0 aromatic heterocycles. The lowest BCUT2D eigenvalue weighted by molar-refractivity contribution is -0.137. The van der Waals surface area contributed by atoms with Gasteiger partial charge in [-0.15, -0.1) is 0 Å². The number of ether oxygens (including phenoxy) is 1. The standard InChI is InChI=1S/C38H42BrClFN3O7S.CH4/c1-7-22(8-2)34(46)44-30-17-23(39)12-15-28(30)38(36(44)48)29(20-32(45)42-33(38)26-19-25(41)14-11-21(26)5)27-18-24(40)13-16-31(27)51-37(9-3,10-4)35(47)43-52(6,49)50;/h11-19,22,29,33H,7-10,20H2,1-6H3,(H,42,45)(H,43,47);1H4/t29-,33+,38-;/m1./s1. The van der Waals surface area contributed by atoms with Crippen LogP contribution in [0.3, 0.4) is 0 Å². The van der Waals surface area contributed by atoms with Crippen LogP contribution in [0, 0.1) is 18.7 Å². The maximum Gasteiger partial charge on any atom is 0.277 e. The van der Waals surface area contributed by atoms with Gasteiger partial charge in [0, 0.05) is 33.3 Å². The summed E-state index contributed by atoms with van der Waals surface area (Å²) in [5.41, 5.74) is -1.48. The second kappa shape index (κ2) is 15.9. The predicted molar refractivity (Wildman–Crippen MR) is 207 cm³/mol. The maximum atomic E-state index is 15.6. The number of hydrogen-bond acceptors (Lipinski definition) is 7. The van der Waals surface area contributed by atoms with Crippen LogP contribution in [0.15, 0.2) is 59.1 Å². The zero-order valence-corrected chi connectivity index (χ0v) is 33.0. The Hall–Kier alpha value is -3.81. The van der Waals surface area contributed by atoms with E-state index in [2.05, 4.69) is 21.2 Å². The molecule has 0 radical (unpaired) electrons. The molecule has 1 spiro atoms. The Morgan fingerprint density at radius 1 is 1.06 bits per heavy atom. The van der Waals surface area contributed by atoms with Crippen molar-refractivity contribution in [3.63, 3.8) is 0 Å². The molecule has 3 aromatic carbocycles. The number of fused-ring (bicyclic) bond motifs is 2. The molecule has 286 valence electrons. The van der Waals surface area contributed by atoms with Gasteiger partial charge in [0.1, 0.15) is 17.0 Å². The third kappa shape index (κ3) is 7.49. The van der Waals surface area contributed by atoms with Gasteiger partial charge in [-0.3, -0.25) is 19.2 Å². The molecule has 3 aromatic rings.